The summed E-state index contributed by atoms with van der Waals surface area (Å²) in [6, 6.07) is 15.5. The molecule has 2 aromatic carbocycles. The first-order chi connectivity index (χ1) is 11.9. The normalized spacial score (nSPS) is 18.2. The second-order valence-electron chi connectivity index (χ2n) is 6.82. The zero-order chi connectivity index (χ0) is 18.0. The molecule has 1 aliphatic heterocycles. The van der Waals surface area contributed by atoms with E-state index in [4.69, 9.17) is 0 Å². The monoisotopic (exact) mass is 337 g/mol. The molecule has 1 unspecified atom stereocenters. The van der Waals surface area contributed by atoms with E-state index in [0.29, 0.717) is 0 Å². The number of hydrogen-bond donors (Lipinski definition) is 3. The van der Waals surface area contributed by atoms with Crippen molar-refractivity contribution >= 4 is 17.5 Å². The molecule has 2 amide bonds. The molecule has 5 heteroatoms. The first-order valence-electron chi connectivity index (χ1n) is 8.38. The predicted molar refractivity (Wildman–Crippen MR) is 98.5 cm³/mol. The molecule has 3 N–H and O–H groups in total. The van der Waals surface area contributed by atoms with Gasteiger partial charge in [0.05, 0.1) is 18.0 Å². The van der Waals surface area contributed by atoms with Gasteiger partial charge in [-0.15, -0.1) is 0 Å². The summed E-state index contributed by atoms with van der Waals surface area (Å²) < 4.78 is 0. The molecule has 3 rings (SSSR count). The number of amides is 2. The molecule has 0 fully saturated rings. The third-order valence-electron chi connectivity index (χ3n) is 4.65. The molecule has 0 aliphatic carbocycles. The first-order valence-corrected chi connectivity index (χ1v) is 8.38. The van der Waals surface area contributed by atoms with Crippen LogP contribution in [0.15, 0.2) is 48.5 Å². The summed E-state index contributed by atoms with van der Waals surface area (Å²) in [5.74, 6) is -0.0732. The second kappa shape index (κ2) is 6.69. The van der Waals surface area contributed by atoms with Crippen LogP contribution in [0, 0.1) is 0 Å². The zero-order valence-electron chi connectivity index (χ0n) is 14.7. The Kier molecular flexibility index (Phi) is 4.59. The van der Waals surface area contributed by atoms with E-state index in [-0.39, 0.29) is 24.4 Å². The fraction of sp³-hybridized carbons (Fsp3) is 0.300. The maximum absolute atomic E-state index is 12.6. The SMILES string of the molecule is CNCC(=O)Nc1ccc(C2NC(=O)C(C)(C)c3ccccc32)cc1. The average Bonchev–Trinajstić information content (AvgIpc) is 2.59. The van der Waals surface area contributed by atoms with Crippen LogP contribution in [0.1, 0.15) is 36.6 Å². The van der Waals surface area contributed by atoms with Crippen LogP contribution in [0.4, 0.5) is 5.69 Å². The molecule has 0 bridgehead atoms. The van der Waals surface area contributed by atoms with Gasteiger partial charge in [0.2, 0.25) is 11.8 Å². The summed E-state index contributed by atoms with van der Waals surface area (Å²) in [6.07, 6.45) is 0. The van der Waals surface area contributed by atoms with Crippen LogP contribution >= 0.6 is 0 Å². The second-order valence-corrected chi connectivity index (χ2v) is 6.82. The molecule has 130 valence electrons. The van der Waals surface area contributed by atoms with E-state index in [9.17, 15) is 9.59 Å². The van der Waals surface area contributed by atoms with Gasteiger partial charge >= 0.3 is 0 Å². The zero-order valence-corrected chi connectivity index (χ0v) is 14.7. The van der Waals surface area contributed by atoms with Gasteiger partial charge in [-0.3, -0.25) is 9.59 Å². The Hall–Kier alpha value is -2.66. The lowest BCUT2D eigenvalue weighted by Gasteiger charge is -2.37. The van der Waals surface area contributed by atoms with Crippen molar-refractivity contribution in [2.45, 2.75) is 25.3 Å². The summed E-state index contributed by atoms with van der Waals surface area (Å²) in [7, 11) is 1.73. The van der Waals surface area contributed by atoms with Crippen LogP contribution < -0.4 is 16.0 Å². The Bertz CT molecular complexity index is 797. The Morgan fingerprint density at radius 1 is 1.12 bits per heavy atom. The summed E-state index contributed by atoms with van der Waals surface area (Å²) in [4.78, 5) is 24.2. The van der Waals surface area contributed by atoms with Crippen LogP contribution in [0.5, 0.6) is 0 Å². The van der Waals surface area contributed by atoms with Crippen molar-refractivity contribution in [2.75, 3.05) is 18.9 Å². The van der Waals surface area contributed by atoms with Gasteiger partial charge < -0.3 is 16.0 Å². The molecule has 0 radical (unpaired) electrons. The van der Waals surface area contributed by atoms with Gasteiger partial charge in [0.15, 0.2) is 0 Å². The predicted octanol–water partition coefficient (Wildman–Crippen LogP) is 2.34. The molecule has 1 heterocycles. The van der Waals surface area contributed by atoms with Gasteiger partial charge in [-0.05, 0) is 49.7 Å². The number of carbonyl (C=O) groups excluding carboxylic acids is 2. The van der Waals surface area contributed by atoms with Gasteiger partial charge in [0.1, 0.15) is 0 Å². The summed E-state index contributed by atoms with van der Waals surface area (Å²) in [6.45, 7) is 4.15. The summed E-state index contributed by atoms with van der Waals surface area (Å²) in [5.41, 5.74) is 3.34. The molecule has 0 spiro atoms. The van der Waals surface area contributed by atoms with E-state index in [1.807, 2.05) is 56.3 Å². The molecule has 0 saturated carbocycles. The molecule has 0 aromatic heterocycles. The molecule has 1 aliphatic rings. The largest absolute Gasteiger partial charge is 0.344 e. The Labute approximate surface area is 147 Å². The molecule has 1 atom stereocenters. The lowest BCUT2D eigenvalue weighted by Crippen LogP contribution is -2.47. The maximum atomic E-state index is 12.6. The topological polar surface area (TPSA) is 70.2 Å². The minimum absolute atomic E-state index is 0.0163. The number of anilines is 1. The minimum atomic E-state index is -0.547. The molecule has 2 aromatic rings. The van der Waals surface area contributed by atoms with E-state index in [0.717, 1.165) is 22.4 Å². The fourth-order valence-electron chi connectivity index (χ4n) is 3.22. The lowest BCUT2D eigenvalue weighted by molar-refractivity contribution is -0.127. The highest BCUT2D eigenvalue weighted by molar-refractivity contribution is 5.92. The van der Waals surface area contributed by atoms with Crippen molar-refractivity contribution in [1.29, 1.82) is 0 Å². The summed E-state index contributed by atoms with van der Waals surface area (Å²) >= 11 is 0. The highest BCUT2D eigenvalue weighted by atomic mass is 16.2. The van der Waals surface area contributed by atoms with Gasteiger partial charge in [-0.1, -0.05) is 36.4 Å². The number of carbonyl (C=O) groups is 2. The molecular weight excluding hydrogens is 314 g/mol. The molecule has 5 nitrogen and oxygen atoms in total. The number of likely N-dealkylation sites (N-methyl/N-ethyl adjacent to an activating group) is 1. The first kappa shape index (κ1) is 17.2. The average molecular weight is 337 g/mol. The minimum Gasteiger partial charge on any atom is -0.344 e. The van der Waals surface area contributed by atoms with Gasteiger partial charge in [-0.2, -0.15) is 0 Å². The van der Waals surface area contributed by atoms with Crippen molar-refractivity contribution in [2.24, 2.45) is 0 Å². The van der Waals surface area contributed by atoms with Gasteiger partial charge in [0, 0.05) is 5.69 Å². The number of rotatable bonds is 4. The van der Waals surface area contributed by atoms with Crippen molar-refractivity contribution in [3.63, 3.8) is 0 Å². The molecule has 0 saturated heterocycles. The Morgan fingerprint density at radius 2 is 1.80 bits per heavy atom. The third-order valence-corrected chi connectivity index (χ3v) is 4.65. The lowest BCUT2D eigenvalue weighted by atomic mass is 9.75. The van der Waals surface area contributed by atoms with Crippen molar-refractivity contribution < 1.29 is 9.59 Å². The van der Waals surface area contributed by atoms with E-state index in [1.165, 1.54) is 0 Å². The number of nitrogens with one attached hydrogen (secondary N) is 3. The van der Waals surface area contributed by atoms with E-state index < -0.39 is 5.41 Å². The van der Waals surface area contributed by atoms with Crippen molar-refractivity contribution in [3.8, 4) is 0 Å². The van der Waals surface area contributed by atoms with Crippen LogP contribution in [0.3, 0.4) is 0 Å². The van der Waals surface area contributed by atoms with Crippen molar-refractivity contribution in [3.05, 3.63) is 65.2 Å². The summed E-state index contributed by atoms with van der Waals surface area (Å²) in [5, 5.41) is 8.76. The van der Waals surface area contributed by atoms with Crippen molar-refractivity contribution in [1.82, 2.24) is 10.6 Å². The fourth-order valence-corrected chi connectivity index (χ4v) is 3.22. The standard InChI is InChI=1S/C20H23N3O2/c1-20(2)16-7-5-4-6-15(16)18(23-19(20)25)13-8-10-14(11-9-13)22-17(24)12-21-3/h4-11,18,21H,12H2,1-3H3,(H,22,24)(H,23,25). The smallest absolute Gasteiger partial charge is 0.238 e. The Morgan fingerprint density at radius 3 is 2.48 bits per heavy atom. The highest BCUT2D eigenvalue weighted by Crippen LogP contribution is 2.38. The quantitative estimate of drug-likeness (QED) is 0.802. The number of benzene rings is 2. The van der Waals surface area contributed by atoms with Crippen LogP contribution in [0.2, 0.25) is 0 Å². The highest BCUT2D eigenvalue weighted by Gasteiger charge is 2.39. The number of hydrogen-bond acceptors (Lipinski definition) is 3. The van der Waals surface area contributed by atoms with Gasteiger partial charge in [0.25, 0.3) is 0 Å². The molecule has 25 heavy (non-hydrogen) atoms. The van der Waals surface area contributed by atoms with E-state index in [1.54, 1.807) is 7.05 Å². The van der Waals surface area contributed by atoms with Crippen LogP contribution in [0.25, 0.3) is 0 Å². The van der Waals surface area contributed by atoms with E-state index in [2.05, 4.69) is 22.0 Å². The third kappa shape index (κ3) is 3.28. The van der Waals surface area contributed by atoms with E-state index >= 15 is 0 Å². The van der Waals surface area contributed by atoms with Crippen LogP contribution in [-0.2, 0) is 15.0 Å². The van der Waals surface area contributed by atoms with Gasteiger partial charge in [-0.25, -0.2) is 0 Å². The maximum Gasteiger partial charge on any atom is 0.238 e. The van der Waals surface area contributed by atoms with Crippen LogP contribution in [-0.4, -0.2) is 25.4 Å². The Balaban J connectivity index is 1.89. The molecular formula is C20H23N3O2. The number of fused-ring (bicyclic) bond motifs is 1.